The van der Waals surface area contributed by atoms with Gasteiger partial charge >= 0.3 is 6.18 Å². The summed E-state index contributed by atoms with van der Waals surface area (Å²) in [5.74, 6) is 0.654. The van der Waals surface area contributed by atoms with Gasteiger partial charge in [0.15, 0.2) is 0 Å². The second-order valence-corrected chi connectivity index (χ2v) is 5.63. The third kappa shape index (κ3) is 4.49. The molecule has 2 aromatic heterocycles. The molecule has 2 aromatic rings. The number of anilines is 1. The lowest BCUT2D eigenvalue weighted by Crippen LogP contribution is -2.20. The third-order valence-electron chi connectivity index (χ3n) is 2.95. The van der Waals surface area contributed by atoms with Crippen LogP contribution in [0.2, 0.25) is 0 Å². The predicted molar refractivity (Wildman–Crippen MR) is 77.1 cm³/mol. The molecule has 3 nitrogen and oxygen atoms in total. The van der Waals surface area contributed by atoms with Crippen molar-refractivity contribution in [3.05, 3.63) is 46.5 Å². The number of alkyl halides is 3. The molecular weight excluding hydrogens is 349 g/mol. The summed E-state index contributed by atoms with van der Waals surface area (Å²) in [4.78, 5) is 3.83. The van der Waals surface area contributed by atoms with E-state index in [0.29, 0.717) is 17.3 Å². The summed E-state index contributed by atoms with van der Waals surface area (Å²) in [6, 6.07) is 4.48. The molecule has 0 radical (unpaired) electrons. The van der Waals surface area contributed by atoms with Gasteiger partial charge in [0, 0.05) is 23.1 Å². The molecule has 0 aliphatic carbocycles. The first kappa shape index (κ1) is 15.9. The number of aryl methyl sites for hydroxylation is 1. The minimum atomic E-state index is -4.44. The van der Waals surface area contributed by atoms with Gasteiger partial charge in [-0.3, -0.25) is 0 Å². The summed E-state index contributed by atoms with van der Waals surface area (Å²) in [6.45, 7) is 1.81. The van der Waals surface area contributed by atoms with E-state index in [2.05, 4.69) is 26.2 Å². The van der Waals surface area contributed by atoms with Crippen LogP contribution in [-0.2, 0) is 12.6 Å². The van der Waals surface area contributed by atoms with Crippen LogP contribution in [0.4, 0.5) is 19.0 Å². The summed E-state index contributed by atoms with van der Waals surface area (Å²) in [6.07, 6.45) is -0.232. The Morgan fingerprint density at radius 3 is 2.81 bits per heavy atom. The Morgan fingerprint density at radius 1 is 1.43 bits per heavy atom. The van der Waals surface area contributed by atoms with Gasteiger partial charge in [0.25, 0.3) is 0 Å². The van der Waals surface area contributed by atoms with Crippen LogP contribution >= 0.6 is 15.9 Å². The highest BCUT2D eigenvalue weighted by Crippen LogP contribution is 2.35. The standard InChI is InChI=1S/C14H14BrF3N2O/c1-9(4-5-11-3-2-6-21-11)20-13-12(14(16,17)18)7-10(15)8-19-13/h2-3,6-9H,4-5H2,1H3,(H,19,20). The average Bonchev–Trinajstić information content (AvgIpc) is 2.90. The van der Waals surface area contributed by atoms with Crippen LogP contribution in [-0.4, -0.2) is 11.0 Å². The Balaban J connectivity index is 2.04. The number of hydrogen-bond donors (Lipinski definition) is 1. The maximum absolute atomic E-state index is 13.0. The Morgan fingerprint density at radius 2 is 2.19 bits per heavy atom. The first-order valence-corrected chi connectivity index (χ1v) is 7.17. The summed E-state index contributed by atoms with van der Waals surface area (Å²) < 4.78 is 44.4. The number of halogens is 4. The molecule has 0 amide bonds. The Hall–Kier alpha value is -1.50. The lowest BCUT2D eigenvalue weighted by atomic mass is 10.1. The van der Waals surface area contributed by atoms with E-state index in [1.54, 1.807) is 12.3 Å². The van der Waals surface area contributed by atoms with E-state index in [-0.39, 0.29) is 11.9 Å². The van der Waals surface area contributed by atoms with Crippen LogP contribution in [0.5, 0.6) is 0 Å². The largest absolute Gasteiger partial charge is 0.469 e. The lowest BCUT2D eigenvalue weighted by Gasteiger charge is -2.18. The first-order chi connectivity index (χ1) is 9.86. The van der Waals surface area contributed by atoms with Crippen LogP contribution in [0.1, 0.15) is 24.7 Å². The van der Waals surface area contributed by atoms with E-state index in [9.17, 15) is 13.2 Å². The number of rotatable bonds is 5. The molecule has 1 N–H and O–H groups in total. The monoisotopic (exact) mass is 362 g/mol. The zero-order valence-electron chi connectivity index (χ0n) is 11.2. The van der Waals surface area contributed by atoms with Crippen molar-refractivity contribution in [2.45, 2.75) is 32.0 Å². The molecular formula is C14H14BrF3N2O. The SMILES string of the molecule is CC(CCc1ccco1)Nc1ncc(Br)cc1C(F)(F)F. The van der Waals surface area contributed by atoms with Gasteiger partial charge in [-0.2, -0.15) is 13.2 Å². The molecule has 2 rings (SSSR count). The molecule has 2 heterocycles. The van der Waals surface area contributed by atoms with Gasteiger partial charge < -0.3 is 9.73 Å². The van der Waals surface area contributed by atoms with Gasteiger partial charge in [0.05, 0.1) is 11.8 Å². The molecule has 0 aliphatic heterocycles. The lowest BCUT2D eigenvalue weighted by molar-refractivity contribution is -0.137. The summed E-state index contributed by atoms with van der Waals surface area (Å²) in [7, 11) is 0. The van der Waals surface area contributed by atoms with Gasteiger partial charge in [-0.25, -0.2) is 4.98 Å². The molecule has 0 fully saturated rings. The van der Waals surface area contributed by atoms with Crippen molar-refractivity contribution in [2.75, 3.05) is 5.32 Å². The molecule has 0 saturated heterocycles. The van der Waals surface area contributed by atoms with Crippen molar-refractivity contribution in [2.24, 2.45) is 0 Å². The molecule has 0 spiro atoms. The van der Waals surface area contributed by atoms with Crippen LogP contribution in [0.15, 0.2) is 39.5 Å². The highest BCUT2D eigenvalue weighted by Gasteiger charge is 2.34. The number of hydrogen-bond acceptors (Lipinski definition) is 3. The molecule has 21 heavy (non-hydrogen) atoms. The van der Waals surface area contributed by atoms with Gasteiger partial charge in [0.2, 0.25) is 0 Å². The summed E-state index contributed by atoms with van der Waals surface area (Å²) >= 11 is 3.01. The van der Waals surface area contributed by atoms with E-state index < -0.39 is 11.7 Å². The second-order valence-electron chi connectivity index (χ2n) is 4.71. The Bertz CT molecular complexity index is 584. The normalized spacial score (nSPS) is 13.2. The predicted octanol–water partition coefficient (Wildman–Crippen LogP) is 4.89. The van der Waals surface area contributed by atoms with Crippen LogP contribution in [0.25, 0.3) is 0 Å². The van der Waals surface area contributed by atoms with Crippen molar-refractivity contribution in [3.63, 3.8) is 0 Å². The fraction of sp³-hybridized carbons (Fsp3) is 0.357. The van der Waals surface area contributed by atoms with Gasteiger partial charge in [-0.1, -0.05) is 0 Å². The van der Waals surface area contributed by atoms with E-state index >= 15 is 0 Å². The number of aromatic nitrogens is 1. The number of nitrogens with zero attached hydrogens (tertiary/aromatic N) is 1. The quantitative estimate of drug-likeness (QED) is 0.822. The van der Waals surface area contributed by atoms with Crippen molar-refractivity contribution in [1.29, 1.82) is 0 Å². The molecule has 114 valence electrons. The van der Waals surface area contributed by atoms with Crippen molar-refractivity contribution >= 4 is 21.7 Å². The van der Waals surface area contributed by atoms with Crippen LogP contribution < -0.4 is 5.32 Å². The summed E-state index contributed by atoms with van der Waals surface area (Å²) in [5, 5.41) is 2.81. The molecule has 0 bridgehead atoms. The highest BCUT2D eigenvalue weighted by molar-refractivity contribution is 9.10. The number of pyridine rings is 1. The smallest absolute Gasteiger partial charge is 0.419 e. The molecule has 7 heteroatoms. The van der Waals surface area contributed by atoms with Crippen LogP contribution in [0.3, 0.4) is 0 Å². The second kappa shape index (κ2) is 6.51. The Kier molecular flexibility index (Phi) is 4.92. The van der Waals surface area contributed by atoms with Crippen molar-refractivity contribution in [3.8, 4) is 0 Å². The van der Waals surface area contributed by atoms with E-state index in [4.69, 9.17) is 4.42 Å². The highest BCUT2D eigenvalue weighted by atomic mass is 79.9. The van der Waals surface area contributed by atoms with Crippen molar-refractivity contribution < 1.29 is 17.6 Å². The van der Waals surface area contributed by atoms with E-state index in [1.165, 1.54) is 6.20 Å². The maximum atomic E-state index is 13.0. The molecule has 0 aromatic carbocycles. The van der Waals surface area contributed by atoms with Crippen LogP contribution in [0, 0.1) is 0 Å². The fourth-order valence-electron chi connectivity index (χ4n) is 1.89. The zero-order valence-corrected chi connectivity index (χ0v) is 12.8. The van der Waals surface area contributed by atoms with Crippen molar-refractivity contribution in [1.82, 2.24) is 4.98 Å². The molecule has 0 aliphatic rings. The van der Waals surface area contributed by atoms with Gasteiger partial charge in [-0.05, 0) is 47.5 Å². The zero-order chi connectivity index (χ0) is 15.5. The number of nitrogens with one attached hydrogen (secondary N) is 1. The fourth-order valence-corrected chi connectivity index (χ4v) is 2.22. The first-order valence-electron chi connectivity index (χ1n) is 6.38. The third-order valence-corrected chi connectivity index (χ3v) is 3.38. The molecule has 0 saturated carbocycles. The molecule has 1 atom stereocenters. The maximum Gasteiger partial charge on any atom is 0.419 e. The Labute approximate surface area is 128 Å². The molecule has 1 unspecified atom stereocenters. The van der Waals surface area contributed by atoms with Gasteiger partial charge in [-0.15, -0.1) is 0 Å². The number of furan rings is 1. The van der Waals surface area contributed by atoms with E-state index in [0.717, 1.165) is 11.8 Å². The average molecular weight is 363 g/mol. The summed E-state index contributed by atoms with van der Waals surface area (Å²) in [5.41, 5.74) is -0.776. The minimum Gasteiger partial charge on any atom is -0.469 e. The topological polar surface area (TPSA) is 38.1 Å². The van der Waals surface area contributed by atoms with Gasteiger partial charge in [0.1, 0.15) is 11.6 Å². The minimum absolute atomic E-state index is 0.155. The van der Waals surface area contributed by atoms with E-state index in [1.807, 2.05) is 13.0 Å².